The first kappa shape index (κ1) is 19.3. The molecule has 0 aliphatic carbocycles. The van der Waals surface area contributed by atoms with Gasteiger partial charge in [-0.1, -0.05) is 42.5 Å². The van der Waals surface area contributed by atoms with Crippen LogP contribution in [0.5, 0.6) is 17.2 Å². The molecule has 4 rings (SSSR count). The maximum atomic E-state index is 6.02. The van der Waals surface area contributed by atoms with Gasteiger partial charge in [-0.15, -0.1) is 0 Å². The predicted molar refractivity (Wildman–Crippen MR) is 115 cm³/mol. The van der Waals surface area contributed by atoms with Crippen LogP contribution in [0.15, 0.2) is 66.7 Å². The molecule has 0 aromatic heterocycles. The Labute approximate surface area is 172 Å². The third-order valence-corrected chi connectivity index (χ3v) is 5.41. The average molecular weight is 389 g/mol. The number of hydrogen-bond donors (Lipinski definition) is 1. The summed E-state index contributed by atoms with van der Waals surface area (Å²) in [6, 6.07) is 23.2. The van der Waals surface area contributed by atoms with Crippen molar-refractivity contribution in [1.82, 2.24) is 5.32 Å². The predicted octanol–water partition coefficient (Wildman–Crippen LogP) is 4.71. The number of rotatable bonds is 7. The summed E-state index contributed by atoms with van der Waals surface area (Å²) in [6.07, 6.45) is 1.91. The molecular formula is C25H27NO3. The lowest BCUT2D eigenvalue weighted by atomic mass is 9.90. The Morgan fingerprint density at radius 1 is 0.862 bits per heavy atom. The molecule has 1 atom stereocenters. The number of methoxy groups -OCH3 is 2. The summed E-state index contributed by atoms with van der Waals surface area (Å²) in [4.78, 5) is 0. The first-order valence-corrected chi connectivity index (χ1v) is 10.0. The molecule has 0 spiro atoms. The second-order valence-electron chi connectivity index (χ2n) is 7.29. The van der Waals surface area contributed by atoms with Gasteiger partial charge in [0.1, 0.15) is 12.4 Å². The fraction of sp³-hybridized carbons (Fsp3) is 0.280. The topological polar surface area (TPSA) is 39.7 Å². The van der Waals surface area contributed by atoms with Crippen LogP contribution in [0.2, 0.25) is 0 Å². The molecule has 150 valence electrons. The number of benzene rings is 3. The van der Waals surface area contributed by atoms with E-state index in [-0.39, 0.29) is 6.04 Å². The lowest BCUT2D eigenvalue weighted by molar-refractivity contribution is 0.305. The molecule has 1 N–H and O–H groups in total. The van der Waals surface area contributed by atoms with Gasteiger partial charge in [-0.3, -0.25) is 0 Å². The Hall–Kier alpha value is -2.98. The van der Waals surface area contributed by atoms with Gasteiger partial charge in [0.25, 0.3) is 0 Å². The van der Waals surface area contributed by atoms with Crippen molar-refractivity contribution in [3.05, 3.63) is 89.0 Å². The smallest absolute Gasteiger partial charge is 0.160 e. The minimum Gasteiger partial charge on any atom is -0.493 e. The van der Waals surface area contributed by atoms with Crippen molar-refractivity contribution in [2.75, 3.05) is 20.8 Å². The zero-order chi connectivity index (χ0) is 20.1. The van der Waals surface area contributed by atoms with E-state index in [2.05, 4.69) is 47.8 Å². The highest BCUT2D eigenvalue weighted by molar-refractivity contribution is 5.44. The Bertz CT molecular complexity index is 956. The highest BCUT2D eigenvalue weighted by Crippen LogP contribution is 2.32. The third kappa shape index (κ3) is 4.54. The zero-order valence-corrected chi connectivity index (χ0v) is 17.0. The van der Waals surface area contributed by atoms with Gasteiger partial charge in [0.2, 0.25) is 0 Å². The van der Waals surface area contributed by atoms with Gasteiger partial charge in [0.05, 0.1) is 14.2 Å². The summed E-state index contributed by atoms with van der Waals surface area (Å²) >= 11 is 0. The monoisotopic (exact) mass is 389 g/mol. The Kier molecular flexibility index (Phi) is 6.01. The van der Waals surface area contributed by atoms with Crippen LogP contribution in [-0.4, -0.2) is 20.8 Å². The Morgan fingerprint density at radius 2 is 1.69 bits per heavy atom. The standard InChI is InChI=1S/C25H27NO3/c1-27-24-11-8-19(15-25(24)28-2)14-23-22-10-9-21(16-20(22)12-13-26-23)29-17-18-6-4-3-5-7-18/h3-11,15-16,23,26H,12-14,17H2,1-2H3. The minimum absolute atomic E-state index is 0.278. The number of nitrogens with one attached hydrogen (secondary N) is 1. The summed E-state index contributed by atoms with van der Waals surface area (Å²) in [5.41, 5.74) is 5.11. The van der Waals surface area contributed by atoms with Gasteiger partial charge < -0.3 is 19.5 Å². The molecule has 1 aliphatic heterocycles. The van der Waals surface area contributed by atoms with Gasteiger partial charge in [-0.05, 0) is 65.9 Å². The van der Waals surface area contributed by atoms with Crippen molar-refractivity contribution in [1.29, 1.82) is 0 Å². The lowest BCUT2D eigenvalue weighted by Gasteiger charge is -2.28. The molecule has 1 heterocycles. The van der Waals surface area contributed by atoms with Crippen LogP contribution in [-0.2, 0) is 19.4 Å². The highest BCUT2D eigenvalue weighted by Gasteiger charge is 2.21. The first-order valence-electron chi connectivity index (χ1n) is 10.0. The van der Waals surface area contributed by atoms with Crippen molar-refractivity contribution in [3.63, 3.8) is 0 Å². The quantitative estimate of drug-likeness (QED) is 0.635. The Balaban J connectivity index is 1.48. The van der Waals surface area contributed by atoms with Gasteiger partial charge in [-0.25, -0.2) is 0 Å². The molecule has 0 saturated heterocycles. The summed E-state index contributed by atoms with van der Waals surface area (Å²) in [7, 11) is 3.33. The van der Waals surface area contributed by atoms with Gasteiger partial charge >= 0.3 is 0 Å². The van der Waals surface area contributed by atoms with E-state index in [4.69, 9.17) is 14.2 Å². The van der Waals surface area contributed by atoms with Crippen LogP contribution in [0.25, 0.3) is 0 Å². The molecule has 29 heavy (non-hydrogen) atoms. The average Bonchev–Trinajstić information content (AvgIpc) is 2.78. The molecule has 0 amide bonds. The first-order chi connectivity index (χ1) is 14.3. The second kappa shape index (κ2) is 9.01. The largest absolute Gasteiger partial charge is 0.493 e. The number of fused-ring (bicyclic) bond motifs is 1. The molecule has 1 aliphatic rings. The number of ether oxygens (including phenoxy) is 3. The van der Waals surface area contributed by atoms with Gasteiger partial charge in [0.15, 0.2) is 11.5 Å². The second-order valence-corrected chi connectivity index (χ2v) is 7.29. The molecule has 0 fully saturated rings. The van der Waals surface area contributed by atoms with E-state index in [1.54, 1.807) is 14.2 Å². The van der Waals surface area contributed by atoms with E-state index in [0.717, 1.165) is 36.6 Å². The van der Waals surface area contributed by atoms with Crippen LogP contribution in [0, 0.1) is 0 Å². The van der Waals surface area contributed by atoms with Gasteiger partial charge in [0, 0.05) is 6.04 Å². The summed E-state index contributed by atoms with van der Waals surface area (Å²) in [5, 5.41) is 3.65. The van der Waals surface area contributed by atoms with Crippen molar-refractivity contribution in [3.8, 4) is 17.2 Å². The van der Waals surface area contributed by atoms with E-state index in [0.29, 0.717) is 6.61 Å². The fourth-order valence-corrected chi connectivity index (χ4v) is 3.89. The minimum atomic E-state index is 0.278. The van der Waals surface area contributed by atoms with Gasteiger partial charge in [-0.2, -0.15) is 0 Å². The van der Waals surface area contributed by atoms with Crippen molar-refractivity contribution < 1.29 is 14.2 Å². The fourth-order valence-electron chi connectivity index (χ4n) is 3.89. The van der Waals surface area contributed by atoms with E-state index in [1.165, 1.54) is 22.3 Å². The van der Waals surface area contributed by atoms with Crippen molar-refractivity contribution in [2.45, 2.75) is 25.5 Å². The maximum absolute atomic E-state index is 6.02. The molecule has 1 unspecified atom stereocenters. The molecule has 0 saturated carbocycles. The SMILES string of the molecule is COc1ccc(CC2NCCc3cc(OCc4ccccc4)ccc32)cc1OC. The van der Waals surface area contributed by atoms with E-state index in [1.807, 2.05) is 24.3 Å². The number of hydrogen-bond acceptors (Lipinski definition) is 4. The van der Waals surface area contributed by atoms with Crippen LogP contribution in [0.3, 0.4) is 0 Å². The third-order valence-electron chi connectivity index (χ3n) is 5.41. The van der Waals surface area contributed by atoms with E-state index < -0.39 is 0 Å². The summed E-state index contributed by atoms with van der Waals surface area (Å²) in [5.74, 6) is 2.46. The van der Waals surface area contributed by atoms with Crippen LogP contribution >= 0.6 is 0 Å². The van der Waals surface area contributed by atoms with Crippen LogP contribution < -0.4 is 19.5 Å². The summed E-state index contributed by atoms with van der Waals surface area (Å²) < 4.78 is 16.8. The van der Waals surface area contributed by atoms with E-state index in [9.17, 15) is 0 Å². The lowest BCUT2D eigenvalue weighted by Crippen LogP contribution is -2.31. The van der Waals surface area contributed by atoms with Crippen LogP contribution in [0.4, 0.5) is 0 Å². The normalized spacial score (nSPS) is 15.4. The molecule has 0 radical (unpaired) electrons. The molecule has 3 aromatic carbocycles. The zero-order valence-electron chi connectivity index (χ0n) is 17.0. The highest BCUT2D eigenvalue weighted by atomic mass is 16.5. The molecule has 4 nitrogen and oxygen atoms in total. The van der Waals surface area contributed by atoms with Crippen molar-refractivity contribution in [2.24, 2.45) is 0 Å². The molecule has 3 aromatic rings. The molecule has 0 bridgehead atoms. The molecule has 4 heteroatoms. The molecular weight excluding hydrogens is 362 g/mol. The van der Waals surface area contributed by atoms with E-state index >= 15 is 0 Å². The van der Waals surface area contributed by atoms with Crippen molar-refractivity contribution >= 4 is 0 Å². The summed E-state index contributed by atoms with van der Waals surface area (Å²) in [6.45, 7) is 1.56. The van der Waals surface area contributed by atoms with Crippen LogP contribution in [0.1, 0.15) is 28.3 Å². The Morgan fingerprint density at radius 3 is 2.48 bits per heavy atom. The maximum Gasteiger partial charge on any atom is 0.160 e.